The molecule has 0 spiro atoms. The van der Waals surface area contributed by atoms with Crippen LogP contribution in [0.25, 0.3) is 121 Å². The minimum atomic E-state index is 0.870. The fourth-order valence-corrected chi connectivity index (χ4v) is 8.85. The van der Waals surface area contributed by atoms with E-state index >= 15 is 0 Å². The predicted molar refractivity (Wildman–Crippen MR) is 220 cm³/mol. The van der Waals surface area contributed by atoms with Gasteiger partial charge < -0.3 is 13.3 Å². The van der Waals surface area contributed by atoms with Gasteiger partial charge in [-0.15, -0.1) is 0 Å². The molecule has 3 heterocycles. The predicted octanol–water partition coefficient (Wildman–Crippen LogP) is 14.7. The number of para-hydroxylation sites is 3. The lowest BCUT2D eigenvalue weighted by molar-refractivity contribution is 0.668. The molecule has 0 aliphatic heterocycles. The van der Waals surface area contributed by atoms with E-state index in [9.17, 15) is 0 Å². The van der Waals surface area contributed by atoms with Crippen molar-refractivity contribution in [2.75, 3.05) is 0 Å². The molecule has 3 nitrogen and oxygen atoms in total. The third kappa shape index (κ3) is 3.99. The van der Waals surface area contributed by atoms with Crippen LogP contribution in [0.3, 0.4) is 0 Å². The van der Waals surface area contributed by atoms with Crippen LogP contribution in [0, 0.1) is 0 Å². The van der Waals surface area contributed by atoms with Crippen LogP contribution < -0.4 is 0 Å². The smallest absolute Gasteiger partial charge is 0.143 e. The maximum Gasteiger partial charge on any atom is 0.143 e. The fourth-order valence-electron chi connectivity index (χ4n) is 8.85. The van der Waals surface area contributed by atoms with E-state index in [0.717, 1.165) is 93.6 Å². The topological polar surface area (TPSA) is 39.4 Å². The molecule has 0 atom stereocenters. The first-order valence-corrected chi connectivity index (χ1v) is 18.0. The number of fused-ring (bicyclic) bond motifs is 11. The Balaban J connectivity index is 1.18. The van der Waals surface area contributed by atoms with E-state index in [0.29, 0.717) is 0 Å². The third-order valence-corrected chi connectivity index (χ3v) is 11.1. The molecule has 9 aromatic carbocycles. The Kier molecular flexibility index (Phi) is 5.77. The fraction of sp³-hybridized carbons (Fsp3) is 0. The summed E-state index contributed by atoms with van der Waals surface area (Å²) in [6, 6.07) is 60.1. The van der Waals surface area contributed by atoms with E-state index in [-0.39, 0.29) is 0 Å². The van der Waals surface area contributed by atoms with Crippen molar-refractivity contribution in [3.63, 3.8) is 0 Å². The van der Waals surface area contributed by atoms with Crippen LogP contribution in [-0.2, 0) is 0 Å². The maximum absolute atomic E-state index is 6.92. The quantitative estimate of drug-likeness (QED) is 0.175. The van der Waals surface area contributed by atoms with Gasteiger partial charge in [0.25, 0.3) is 0 Å². The molecule has 0 saturated heterocycles. The molecule has 0 bridgehead atoms. The molecule has 0 radical (unpaired) electrons. The van der Waals surface area contributed by atoms with Gasteiger partial charge in [-0.2, -0.15) is 0 Å². The van der Waals surface area contributed by atoms with Gasteiger partial charge in [0.1, 0.15) is 33.5 Å². The Morgan fingerprint density at radius 2 is 0.736 bits per heavy atom. The molecule has 0 saturated carbocycles. The maximum atomic E-state index is 6.92. The molecule has 12 rings (SSSR count). The molecule has 3 heteroatoms. The SMILES string of the molecule is c1ccc2c(c1)oc1ccc(-c3ccc(-c4c5ccccc5c(-c5cccc6oc7ccccc7c56)c5ccccc45)c4oc5ccccc5c34)cc12. The Labute approximate surface area is 302 Å². The minimum Gasteiger partial charge on any atom is -0.456 e. The van der Waals surface area contributed by atoms with Crippen LogP contribution in [0.5, 0.6) is 0 Å². The molecule has 0 fully saturated rings. The molecule has 0 unspecified atom stereocenters. The standard InChI is InChI=1S/C50H28O3/c1-3-15-34-32(13-1)46(38-19-11-23-45-48(38)36-17-6-9-21-42(36)52-45)33-14-2-4-16-35(33)47(34)39-26-25-30(49-37-18-7-10-22-43(37)53-50(39)49)29-24-27-44-40(28-29)31-12-5-8-20-41(31)51-44/h1-28H. The van der Waals surface area contributed by atoms with E-state index in [1.165, 1.54) is 27.1 Å². The average molecular weight is 677 g/mol. The molecule has 246 valence electrons. The Hall–Kier alpha value is -7.10. The molecule has 0 aliphatic carbocycles. The van der Waals surface area contributed by atoms with Crippen LogP contribution in [0.2, 0.25) is 0 Å². The summed E-state index contributed by atoms with van der Waals surface area (Å²) in [6.07, 6.45) is 0. The van der Waals surface area contributed by atoms with E-state index in [4.69, 9.17) is 13.3 Å². The largest absolute Gasteiger partial charge is 0.456 e. The van der Waals surface area contributed by atoms with Gasteiger partial charge >= 0.3 is 0 Å². The van der Waals surface area contributed by atoms with Crippen molar-refractivity contribution in [3.8, 4) is 33.4 Å². The number of hydrogen-bond acceptors (Lipinski definition) is 3. The van der Waals surface area contributed by atoms with Crippen molar-refractivity contribution in [1.82, 2.24) is 0 Å². The van der Waals surface area contributed by atoms with Gasteiger partial charge in [0.2, 0.25) is 0 Å². The highest BCUT2D eigenvalue weighted by atomic mass is 16.3. The van der Waals surface area contributed by atoms with Crippen LogP contribution >= 0.6 is 0 Å². The molecule has 0 aliphatic rings. The summed E-state index contributed by atoms with van der Waals surface area (Å²) in [5.74, 6) is 0. The number of benzene rings is 9. The molecule has 3 aromatic heterocycles. The first-order valence-electron chi connectivity index (χ1n) is 18.0. The van der Waals surface area contributed by atoms with Gasteiger partial charge in [0.05, 0.1) is 0 Å². The van der Waals surface area contributed by atoms with Crippen molar-refractivity contribution < 1.29 is 13.3 Å². The highest BCUT2D eigenvalue weighted by Gasteiger charge is 2.24. The normalized spacial score (nSPS) is 12.2. The summed E-state index contributed by atoms with van der Waals surface area (Å²) >= 11 is 0. The molecular formula is C50H28O3. The van der Waals surface area contributed by atoms with E-state index in [1.807, 2.05) is 24.3 Å². The van der Waals surface area contributed by atoms with Gasteiger partial charge in [-0.05, 0) is 86.3 Å². The summed E-state index contributed by atoms with van der Waals surface area (Å²) in [6.45, 7) is 0. The van der Waals surface area contributed by atoms with Crippen molar-refractivity contribution in [2.45, 2.75) is 0 Å². The number of furan rings is 3. The van der Waals surface area contributed by atoms with Crippen molar-refractivity contribution in [2.24, 2.45) is 0 Å². The zero-order valence-electron chi connectivity index (χ0n) is 28.4. The van der Waals surface area contributed by atoms with Gasteiger partial charge in [0, 0.05) is 43.4 Å². The second-order valence-corrected chi connectivity index (χ2v) is 13.9. The molecule has 12 aromatic rings. The average Bonchev–Trinajstić information content (AvgIpc) is 3.91. The summed E-state index contributed by atoms with van der Waals surface area (Å²) in [7, 11) is 0. The van der Waals surface area contributed by atoms with Gasteiger partial charge in [-0.1, -0.05) is 127 Å². The highest BCUT2D eigenvalue weighted by Crippen LogP contribution is 2.50. The summed E-state index contributed by atoms with van der Waals surface area (Å²) < 4.78 is 19.5. The van der Waals surface area contributed by atoms with E-state index in [2.05, 4.69) is 146 Å². The van der Waals surface area contributed by atoms with Crippen molar-refractivity contribution in [1.29, 1.82) is 0 Å². The third-order valence-electron chi connectivity index (χ3n) is 11.1. The summed E-state index contributed by atoms with van der Waals surface area (Å²) in [5, 5.41) is 11.4. The van der Waals surface area contributed by atoms with Crippen LogP contribution in [0.15, 0.2) is 183 Å². The summed E-state index contributed by atoms with van der Waals surface area (Å²) in [5.41, 5.74) is 12.2. The van der Waals surface area contributed by atoms with Crippen LogP contribution in [0.4, 0.5) is 0 Å². The molecule has 0 N–H and O–H groups in total. The Morgan fingerprint density at radius 3 is 1.42 bits per heavy atom. The van der Waals surface area contributed by atoms with Crippen LogP contribution in [-0.4, -0.2) is 0 Å². The second kappa shape index (κ2) is 10.7. The highest BCUT2D eigenvalue weighted by molar-refractivity contribution is 6.28. The molecule has 53 heavy (non-hydrogen) atoms. The monoisotopic (exact) mass is 676 g/mol. The first kappa shape index (κ1) is 28.6. The van der Waals surface area contributed by atoms with E-state index < -0.39 is 0 Å². The Bertz CT molecular complexity index is 3410. The lowest BCUT2D eigenvalue weighted by Gasteiger charge is -2.19. The lowest BCUT2D eigenvalue weighted by atomic mass is 9.84. The molecular weight excluding hydrogens is 649 g/mol. The Morgan fingerprint density at radius 1 is 0.264 bits per heavy atom. The number of rotatable bonds is 3. The van der Waals surface area contributed by atoms with E-state index in [1.54, 1.807) is 0 Å². The zero-order chi connectivity index (χ0) is 34.6. The molecule has 0 amide bonds. The lowest BCUT2D eigenvalue weighted by Crippen LogP contribution is -1.92. The van der Waals surface area contributed by atoms with Gasteiger partial charge in [-0.3, -0.25) is 0 Å². The second-order valence-electron chi connectivity index (χ2n) is 13.9. The zero-order valence-corrected chi connectivity index (χ0v) is 28.4. The van der Waals surface area contributed by atoms with Gasteiger partial charge in [-0.25, -0.2) is 0 Å². The first-order chi connectivity index (χ1) is 26.3. The summed E-state index contributed by atoms with van der Waals surface area (Å²) in [4.78, 5) is 0. The number of hydrogen-bond donors (Lipinski definition) is 0. The van der Waals surface area contributed by atoms with Crippen molar-refractivity contribution in [3.05, 3.63) is 170 Å². The van der Waals surface area contributed by atoms with Gasteiger partial charge in [0.15, 0.2) is 0 Å². The van der Waals surface area contributed by atoms with Crippen LogP contribution in [0.1, 0.15) is 0 Å². The van der Waals surface area contributed by atoms with Crippen molar-refractivity contribution >= 4 is 87.4 Å². The minimum absolute atomic E-state index is 0.870.